The number of nitrogens with zero attached hydrogens (tertiary/aromatic N) is 1. The van der Waals surface area contributed by atoms with Crippen molar-refractivity contribution in [2.45, 2.75) is 32.7 Å². The molecule has 1 fully saturated rings. The molecule has 0 bridgehead atoms. The molecule has 1 aliphatic rings. The molecule has 1 amide bonds. The number of amides is 1. The van der Waals surface area contributed by atoms with Crippen molar-refractivity contribution in [2.24, 2.45) is 11.8 Å². The number of nitrogens with two attached hydrogens (primary N) is 1. The SMILES string of the molecule is CC1CCC(NC(=O)c2cccc([N+](=O)[O-])c2N)C1C. The highest BCUT2D eigenvalue weighted by molar-refractivity contribution is 6.01. The molecule has 6 nitrogen and oxygen atoms in total. The first-order valence-electron chi connectivity index (χ1n) is 6.75. The smallest absolute Gasteiger partial charge is 0.292 e. The molecule has 108 valence electrons. The van der Waals surface area contributed by atoms with E-state index in [1.165, 1.54) is 18.2 Å². The molecule has 0 heterocycles. The summed E-state index contributed by atoms with van der Waals surface area (Å²) < 4.78 is 0. The summed E-state index contributed by atoms with van der Waals surface area (Å²) in [7, 11) is 0. The fourth-order valence-electron chi connectivity index (χ4n) is 2.72. The molecule has 2 rings (SSSR count). The monoisotopic (exact) mass is 277 g/mol. The first kappa shape index (κ1) is 14.3. The molecule has 20 heavy (non-hydrogen) atoms. The summed E-state index contributed by atoms with van der Waals surface area (Å²) in [5.41, 5.74) is 5.58. The molecule has 3 atom stereocenters. The Morgan fingerprint density at radius 2 is 2.10 bits per heavy atom. The maximum Gasteiger partial charge on any atom is 0.292 e. The summed E-state index contributed by atoms with van der Waals surface area (Å²) >= 11 is 0. The molecule has 0 spiro atoms. The number of para-hydroxylation sites is 1. The number of benzene rings is 1. The molecule has 0 radical (unpaired) electrons. The van der Waals surface area contributed by atoms with Crippen molar-refractivity contribution in [2.75, 3.05) is 5.73 Å². The highest BCUT2D eigenvalue weighted by Gasteiger charge is 2.31. The van der Waals surface area contributed by atoms with Crippen molar-refractivity contribution in [3.05, 3.63) is 33.9 Å². The van der Waals surface area contributed by atoms with Gasteiger partial charge in [0.25, 0.3) is 11.6 Å². The fraction of sp³-hybridized carbons (Fsp3) is 0.500. The summed E-state index contributed by atoms with van der Waals surface area (Å²) in [6, 6.07) is 4.40. The van der Waals surface area contributed by atoms with Gasteiger partial charge in [-0.1, -0.05) is 19.9 Å². The number of hydrogen-bond donors (Lipinski definition) is 2. The van der Waals surface area contributed by atoms with Gasteiger partial charge in [-0.15, -0.1) is 0 Å². The minimum atomic E-state index is -0.577. The van der Waals surface area contributed by atoms with Crippen LogP contribution in [-0.4, -0.2) is 16.9 Å². The average Bonchev–Trinajstić information content (AvgIpc) is 2.70. The Morgan fingerprint density at radius 1 is 1.40 bits per heavy atom. The Balaban J connectivity index is 2.18. The lowest BCUT2D eigenvalue weighted by Gasteiger charge is -2.20. The first-order valence-corrected chi connectivity index (χ1v) is 6.75. The van der Waals surface area contributed by atoms with Crippen LogP contribution in [0.25, 0.3) is 0 Å². The number of nitro groups is 1. The van der Waals surface area contributed by atoms with E-state index < -0.39 is 4.92 Å². The summed E-state index contributed by atoms with van der Waals surface area (Å²) in [5, 5.41) is 13.8. The van der Waals surface area contributed by atoms with Gasteiger partial charge in [-0.05, 0) is 30.7 Å². The number of carbonyl (C=O) groups excluding carboxylic acids is 1. The van der Waals surface area contributed by atoms with E-state index in [4.69, 9.17) is 5.73 Å². The second-order valence-electron chi connectivity index (χ2n) is 5.49. The quantitative estimate of drug-likeness (QED) is 0.503. The molecule has 6 heteroatoms. The molecular formula is C14H19N3O3. The number of nitrogen functional groups attached to an aromatic ring is 1. The lowest BCUT2D eigenvalue weighted by molar-refractivity contribution is -0.383. The predicted molar refractivity (Wildman–Crippen MR) is 76.3 cm³/mol. The van der Waals surface area contributed by atoms with Crippen LogP contribution in [0.15, 0.2) is 18.2 Å². The van der Waals surface area contributed by atoms with Crippen LogP contribution >= 0.6 is 0 Å². The van der Waals surface area contributed by atoms with Gasteiger partial charge >= 0.3 is 0 Å². The zero-order valence-electron chi connectivity index (χ0n) is 11.6. The minimum absolute atomic E-state index is 0.0753. The normalized spacial score (nSPS) is 25.4. The number of anilines is 1. The maximum atomic E-state index is 12.2. The second-order valence-corrected chi connectivity index (χ2v) is 5.49. The molecule has 0 aromatic heterocycles. The number of carbonyl (C=O) groups is 1. The van der Waals surface area contributed by atoms with E-state index in [9.17, 15) is 14.9 Å². The second kappa shape index (κ2) is 5.48. The van der Waals surface area contributed by atoms with E-state index in [0.717, 1.165) is 12.8 Å². The van der Waals surface area contributed by atoms with Crippen LogP contribution in [0.2, 0.25) is 0 Å². The lowest BCUT2D eigenvalue weighted by atomic mass is 9.97. The number of nitro benzene ring substituents is 1. The van der Waals surface area contributed by atoms with E-state index in [-0.39, 0.29) is 28.9 Å². The standard InChI is InChI=1S/C14H19N3O3/c1-8-6-7-11(9(8)2)16-14(18)10-4-3-5-12(13(10)15)17(19)20/h3-5,8-9,11H,6-7,15H2,1-2H3,(H,16,18). The number of nitrogens with one attached hydrogen (secondary N) is 1. The van der Waals surface area contributed by atoms with Gasteiger partial charge < -0.3 is 11.1 Å². The Hall–Kier alpha value is -2.11. The molecule has 0 aliphatic heterocycles. The van der Waals surface area contributed by atoms with Crippen LogP contribution in [0.4, 0.5) is 11.4 Å². The topological polar surface area (TPSA) is 98.3 Å². The van der Waals surface area contributed by atoms with Gasteiger partial charge in [0, 0.05) is 12.1 Å². The van der Waals surface area contributed by atoms with Gasteiger partial charge in [-0.3, -0.25) is 14.9 Å². The molecule has 1 aliphatic carbocycles. The Kier molecular flexibility index (Phi) is 3.92. The molecule has 1 aromatic rings. The Labute approximate surface area is 117 Å². The molecule has 1 aromatic carbocycles. The van der Waals surface area contributed by atoms with E-state index in [1.54, 1.807) is 0 Å². The number of rotatable bonds is 3. The zero-order chi connectivity index (χ0) is 14.9. The van der Waals surface area contributed by atoms with Crippen LogP contribution in [0.3, 0.4) is 0 Å². The van der Waals surface area contributed by atoms with Gasteiger partial charge in [-0.2, -0.15) is 0 Å². The lowest BCUT2D eigenvalue weighted by Crippen LogP contribution is -2.37. The highest BCUT2D eigenvalue weighted by Crippen LogP contribution is 2.32. The summed E-state index contributed by atoms with van der Waals surface area (Å²) in [6.45, 7) is 4.28. The van der Waals surface area contributed by atoms with Crippen molar-refractivity contribution in [3.63, 3.8) is 0 Å². The molecule has 1 saturated carbocycles. The van der Waals surface area contributed by atoms with Gasteiger partial charge in [0.1, 0.15) is 5.69 Å². The first-order chi connectivity index (χ1) is 9.41. The number of hydrogen-bond acceptors (Lipinski definition) is 4. The van der Waals surface area contributed by atoms with Gasteiger partial charge in [0.2, 0.25) is 0 Å². The van der Waals surface area contributed by atoms with Crippen LogP contribution < -0.4 is 11.1 Å². The van der Waals surface area contributed by atoms with Crippen LogP contribution in [0.1, 0.15) is 37.0 Å². The summed E-state index contributed by atoms with van der Waals surface area (Å²) in [4.78, 5) is 22.5. The summed E-state index contributed by atoms with van der Waals surface area (Å²) in [6.07, 6.45) is 2.01. The zero-order valence-corrected chi connectivity index (χ0v) is 11.6. The largest absolute Gasteiger partial charge is 0.393 e. The Morgan fingerprint density at radius 3 is 2.65 bits per heavy atom. The highest BCUT2D eigenvalue weighted by atomic mass is 16.6. The van der Waals surface area contributed by atoms with Gasteiger partial charge in [0.05, 0.1) is 10.5 Å². The molecule has 3 unspecified atom stereocenters. The maximum absolute atomic E-state index is 12.2. The van der Waals surface area contributed by atoms with Crippen molar-refractivity contribution in [1.29, 1.82) is 0 Å². The van der Waals surface area contributed by atoms with Crippen LogP contribution in [0, 0.1) is 22.0 Å². The minimum Gasteiger partial charge on any atom is -0.393 e. The third-order valence-electron chi connectivity index (χ3n) is 4.31. The summed E-state index contributed by atoms with van der Waals surface area (Å²) in [5.74, 6) is 0.638. The van der Waals surface area contributed by atoms with Crippen molar-refractivity contribution >= 4 is 17.3 Å². The van der Waals surface area contributed by atoms with Crippen molar-refractivity contribution in [1.82, 2.24) is 5.32 Å². The third kappa shape index (κ3) is 2.59. The molecule has 3 N–H and O–H groups in total. The fourth-order valence-corrected chi connectivity index (χ4v) is 2.72. The van der Waals surface area contributed by atoms with Gasteiger partial charge in [0.15, 0.2) is 0 Å². The third-order valence-corrected chi connectivity index (χ3v) is 4.31. The molecular weight excluding hydrogens is 258 g/mol. The van der Waals surface area contributed by atoms with E-state index >= 15 is 0 Å². The van der Waals surface area contributed by atoms with Crippen molar-refractivity contribution < 1.29 is 9.72 Å². The Bertz CT molecular complexity index is 544. The van der Waals surface area contributed by atoms with E-state index in [2.05, 4.69) is 19.2 Å². The molecule has 0 saturated heterocycles. The van der Waals surface area contributed by atoms with Crippen molar-refractivity contribution in [3.8, 4) is 0 Å². The van der Waals surface area contributed by atoms with E-state index in [0.29, 0.717) is 11.8 Å². The van der Waals surface area contributed by atoms with Gasteiger partial charge in [-0.25, -0.2) is 0 Å². The average molecular weight is 277 g/mol. The predicted octanol–water partition coefficient (Wildman–Crippen LogP) is 2.34. The van der Waals surface area contributed by atoms with Crippen LogP contribution in [0.5, 0.6) is 0 Å². The van der Waals surface area contributed by atoms with Crippen LogP contribution in [-0.2, 0) is 0 Å². The van der Waals surface area contributed by atoms with E-state index in [1.807, 2.05) is 0 Å².